The van der Waals surface area contributed by atoms with Gasteiger partial charge in [-0.1, -0.05) is 57.9 Å². The molecule has 2 aromatic carbocycles. The van der Waals surface area contributed by atoms with E-state index in [0.29, 0.717) is 12.8 Å². The first-order chi connectivity index (χ1) is 8.65. The van der Waals surface area contributed by atoms with Crippen LogP contribution < -0.4 is 0 Å². The van der Waals surface area contributed by atoms with Gasteiger partial charge in [-0.2, -0.15) is 0 Å². The maximum absolute atomic E-state index is 10.1. The van der Waals surface area contributed by atoms with Gasteiger partial charge in [0.2, 0.25) is 0 Å². The highest BCUT2D eigenvalue weighted by Crippen LogP contribution is 2.19. The van der Waals surface area contributed by atoms with E-state index in [1.807, 2.05) is 48.5 Å². The molecule has 0 amide bonds. The van der Waals surface area contributed by atoms with Crippen LogP contribution in [0.25, 0.3) is 0 Å². The predicted molar refractivity (Wildman–Crippen MR) is 79.0 cm³/mol. The van der Waals surface area contributed by atoms with Crippen molar-refractivity contribution in [2.45, 2.75) is 18.9 Å². The van der Waals surface area contributed by atoms with Crippen LogP contribution in [0.2, 0.25) is 5.02 Å². The fraction of sp³-hybridized carbons (Fsp3) is 0.200. The first kappa shape index (κ1) is 13.6. The average Bonchev–Trinajstić information content (AvgIpc) is 2.35. The van der Waals surface area contributed by atoms with Gasteiger partial charge in [0, 0.05) is 9.50 Å². The summed E-state index contributed by atoms with van der Waals surface area (Å²) >= 11 is 9.32. The van der Waals surface area contributed by atoms with Gasteiger partial charge in [-0.05, 0) is 42.2 Å². The van der Waals surface area contributed by atoms with E-state index in [1.165, 1.54) is 0 Å². The van der Waals surface area contributed by atoms with Crippen molar-refractivity contribution in [3.63, 3.8) is 0 Å². The van der Waals surface area contributed by atoms with E-state index in [0.717, 1.165) is 20.6 Å². The average molecular weight is 326 g/mol. The van der Waals surface area contributed by atoms with Gasteiger partial charge in [-0.15, -0.1) is 0 Å². The van der Waals surface area contributed by atoms with Crippen molar-refractivity contribution in [2.75, 3.05) is 0 Å². The first-order valence-corrected chi connectivity index (χ1v) is 6.98. The number of rotatable bonds is 4. The lowest BCUT2D eigenvalue weighted by atomic mass is 10.0. The summed E-state index contributed by atoms with van der Waals surface area (Å²) < 4.78 is 1.04. The van der Waals surface area contributed by atoms with Gasteiger partial charge in [0.25, 0.3) is 0 Å². The number of hydrogen-bond donors (Lipinski definition) is 1. The second-order valence-electron chi connectivity index (χ2n) is 4.28. The van der Waals surface area contributed by atoms with Crippen molar-refractivity contribution < 1.29 is 5.11 Å². The summed E-state index contributed by atoms with van der Waals surface area (Å²) in [7, 11) is 0. The highest BCUT2D eigenvalue weighted by atomic mass is 79.9. The highest BCUT2D eigenvalue weighted by Gasteiger charge is 2.08. The van der Waals surface area contributed by atoms with Crippen LogP contribution in [0.1, 0.15) is 11.1 Å². The number of aliphatic hydroxyl groups excluding tert-OH is 1. The van der Waals surface area contributed by atoms with E-state index >= 15 is 0 Å². The van der Waals surface area contributed by atoms with Gasteiger partial charge in [-0.25, -0.2) is 0 Å². The molecule has 0 heterocycles. The summed E-state index contributed by atoms with van der Waals surface area (Å²) in [5, 5.41) is 10.8. The second-order valence-corrected chi connectivity index (χ2v) is 5.57. The van der Waals surface area contributed by atoms with Crippen LogP contribution in [-0.2, 0) is 12.8 Å². The Balaban J connectivity index is 1.99. The molecule has 0 spiro atoms. The lowest BCUT2D eigenvalue weighted by molar-refractivity contribution is 0.175. The Bertz CT molecular complexity index is 510. The zero-order chi connectivity index (χ0) is 13.0. The largest absolute Gasteiger partial charge is 0.392 e. The molecular weight excluding hydrogens is 312 g/mol. The zero-order valence-electron chi connectivity index (χ0n) is 9.81. The molecule has 0 aliphatic carbocycles. The fourth-order valence-electron chi connectivity index (χ4n) is 1.88. The Morgan fingerprint density at radius 1 is 1.00 bits per heavy atom. The summed E-state index contributed by atoms with van der Waals surface area (Å²) in [4.78, 5) is 0. The predicted octanol–water partition coefficient (Wildman–Crippen LogP) is 4.25. The minimum Gasteiger partial charge on any atom is -0.392 e. The number of halogens is 2. The topological polar surface area (TPSA) is 20.2 Å². The lowest BCUT2D eigenvalue weighted by Crippen LogP contribution is -2.14. The Hall–Kier alpha value is -0.830. The zero-order valence-corrected chi connectivity index (χ0v) is 12.2. The van der Waals surface area contributed by atoms with Crippen LogP contribution in [0.3, 0.4) is 0 Å². The summed E-state index contributed by atoms with van der Waals surface area (Å²) in [5.41, 5.74) is 2.22. The van der Waals surface area contributed by atoms with E-state index in [1.54, 1.807) is 0 Å². The third-order valence-corrected chi connectivity index (χ3v) is 3.82. The molecule has 1 atom stereocenters. The fourth-order valence-corrected chi connectivity index (χ4v) is 2.46. The number of hydrogen-bond acceptors (Lipinski definition) is 1. The third kappa shape index (κ3) is 3.84. The Morgan fingerprint density at radius 2 is 1.67 bits per heavy atom. The molecule has 0 aliphatic heterocycles. The lowest BCUT2D eigenvalue weighted by Gasteiger charge is -2.12. The van der Waals surface area contributed by atoms with Crippen molar-refractivity contribution in [3.8, 4) is 0 Å². The molecule has 2 rings (SSSR count). The van der Waals surface area contributed by atoms with Crippen LogP contribution in [0.15, 0.2) is 53.0 Å². The van der Waals surface area contributed by atoms with E-state index < -0.39 is 0 Å². The molecule has 0 aromatic heterocycles. The molecule has 1 N–H and O–H groups in total. The van der Waals surface area contributed by atoms with Crippen LogP contribution in [0.4, 0.5) is 0 Å². The molecule has 0 fully saturated rings. The molecule has 0 saturated heterocycles. The van der Waals surface area contributed by atoms with Gasteiger partial charge in [0.15, 0.2) is 0 Å². The monoisotopic (exact) mass is 324 g/mol. The molecule has 3 heteroatoms. The molecule has 1 unspecified atom stereocenters. The minimum atomic E-state index is -0.384. The maximum atomic E-state index is 10.1. The maximum Gasteiger partial charge on any atom is 0.0621 e. The summed E-state index contributed by atoms with van der Waals surface area (Å²) in [6.07, 6.45) is 0.896. The molecule has 0 bridgehead atoms. The Kier molecular flexibility index (Phi) is 4.81. The van der Waals surface area contributed by atoms with Gasteiger partial charge >= 0.3 is 0 Å². The van der Waals surface area contributed by atoms with Crippen LogP contribution in [-0.4, -0.2) is 11.2 Å². The molecule has 1 nitrogen and oxygen atoms in total. The normalized spacial score (nSPS) is 12.4. The van der Waals surface area contributed by atoms with Crippen LogP contribution in [0.5, 0.6) is 0 Å². The van der Waals surface area contributed by atoms with E-state index in [4.69, 9.17) is 11.6 Å². The van der Waals surface area contributed by atoms with Crippen LogP contribution >= 0.6 is 27.5 Å². The van der Waals surface area contributed by atoms with Gasteiger partial charge in [0.05, 0.1) is 6.10 Å². The summed E-state index contributed by atoms with van der Waals surface area (Å²) in [6, 6.07) is 15.6. The SMILES string of the molecule is OC(Cc1ccc(Cl)cc1)Cc1ccccc1Br. The van der Waals surface area contributed by atoms with Gasteiger partial charge in [0.1, 0.15) is 0 Å². The molecule has 18 heavy (non-hydrogen) atoms. The van der Waals surface area contributed by atoms with Crippen molar-refractivity contribution in [3.05, 3.63) is 69.2 Å². The third-order valence-electron chi connectivity index (χ3n) is 2.80. The Labute approximate surface area is 121 Å². The second kappa shape index (κ2) is 6.37. The molecule has 94 valence electrons. The number of benzene rings is 2. The molecule has 0 radical (unpaired) electrons. The van der Waals surface area contributed by atoms with Crippen LogP contribution in [0, 0.1) is 0 Å². The van der Waals surface area contributed by atoms with Crippen molar-refractivity contribution in [2.24, 2.45) is 0 Å². The summed E-state index contributed by atoms with van der Waals surface area (Å²) in [5.74, 6) is 0. The minimum absolute atomic E-state index is 0.384. The first-order valence-electron chi connectivity index (χ1n) is 5.81. The standard InChI is InChI=1S/C15H14BrClO/c16-15-4-2-1-3-12(15)10-14(18)9-11-5-7-13(17)8-6-11/h1-8,14,18H,9-10H2. The molecule has 0 saturated carbocycles. The van der Waals surface area contributed by atoms with Crippen molar-refractivity contribution in [1.29, 1.82) is 0 Å². The quantitative estimate of drug-likeness (QED) is 0.891. The smallest absolute Gasteiger partial charge is 0.0621 e. The molecule has 0 aliphatic rings. The number of aliphatic hydroxyl groups is 1. The summed E-state index contributed by atoms with van der Waals surface area (Å²) in [6.45, 7) is 0. The Morgan fingerprint density at radius 3 is 2.33 bits per heavy atom. The van der Waals surface area contributed by atoms with Crippen molar-refractivity contribution in [1.82, 2.24) is 0 Å². The van der Waals surface area contributed by atoms with Gasteiger partial charge in [-0.3, -0.25) is 0 Å². The van der Waals surface area contributed by atoms with Gasteiger partial charge < -0.3 is 5.11 Å². The van der Waals surface area contributed by atoms with E-state index in [2.05, 4.69) is 15.9 Å². The molecule has 2 aromatic rings. The van der Waals surface area contributed by atoms with Crippen molar-refractivity contribution >= 4 is 27.5 Å². The highest BCUT2D eigenvalue weighted by molar-refractivity contribution is 9.10. The van der Waals surface area contributed by atoms with E-state index in [-0.39, 0.29) is 6.10 Å². The van der Waals surface area contributed by atoms with E-state index in [9.17, 15) is 5.11 Å². The molecular formula is C15H14BrClO.